The van der Waals surface area contributed by atoms with Crippen molar-refractivity contribution in [1.82, 2.24) is 0 Å². The summed E-state index contributed by atoms with van der Waals surface area (Å²) in [6.07, 6.45) is 0. The number of hydrogen-bond donors (Lipinski definition) is 3. The quantitative estimate of drug-likeness (QED) is 0.0487. The van der Waals surface area contributed by atoms with E-state index < -0.39 is 123 Å². The van der Waals surface area contributed by atoms with Crippen molar-refractivity contribution in [2.24, 2.45) is 4.99 Å². The number of nitrogens with one attached hydrogen (secondary N) is 1. The van der Waals surface area contributed by atoms with Crippen molar-refractivity contribution >= 4 is 80.7 Å². The predicted octanol–water partition coefficient (Wildman–Crippen LogP) is -13.2. The number of carbonyl (C=O) groups excluding carboxylic acids is 2. The van der Waals surface area contributed by atoms with Gasteiger partial charge in [0.05, 0.1) is 53.7 Å². The largest absolute Gasteiger partial charge is 1.00 e. The summed E-state index contributed by atoms with van der Waals surface area (Å²) in [5, 5.41) is 14.0. The zero-order valence-corrected chi connectivity index (χ0v) is 40.8. The number of nitrogens with zero attached hydrogens (tertiary/aromatic N) is 1. The standard InChI is InChI=1S/C22H17N3O15S4.4K/c23-11-7-15(44(38,39)40)20(19-18(11)21(27)10-2-1-3-13(42(32,33)34)17(10)22(19)28)24-9-4-5-12(14(6-9)43(35,36)37)25-16(26)8-41(29,30)31;;;;/h1-7,24H,8,23H2,(H,25,26)(H,29,30,31)(H,32,33,34)(H,35,36,37)(H,38,39,40);;;;/q;4*+1/p-4. The molecule has 1 aliphatic carbocycles. The van der Waals surface area contributed by atoms with Crippen LogP contribution in [0.5, 0.6) is 0 Å². The number of nitrogens with two attached hydrogens (primary N) is 1. The molecule has 0 saturated heterocycles. The number of aliphatic imine (C=N–C) groups is 1. The van der Waals surface area contributed by atoms with Gasteiger partial charge in [-0.1, -0.05) is 12.1 Å². The van der Waals surface area contributed by atoms with Crippen molar-refractivity contribution in [3.05, 3.63) is 64.7 Å². The minimum Gasteiger partial charge on any atom is -0.861 e. The number of anilines is 3. The van der Waals surface area contributed by atoms with E-state index in [1.807, 2.05) is 0 Å². The van der Waals surface area contributed by atoms with Crippen molar-refractivity contribution in [2.45, 2.75) is 14.7 Å². The molecule has 4 rings (SSSR count). The van der Waals surface area contributed by atoms with Crippen LogP contribution in [0.2, 0.25) is 0 Å². The van der Waals surface area contributed by atoms with Gasteiger partial charge in [-0.2, -0.15) is 8.42 Å². The molecular weight excluding hydrogens is 831 g/mol. The Balaban J connectivity index is 0.00000552. The minimum atomic E-state index is -5.56. The Morgan fingerprint density at radius 2 is 1.31 bits per heavy atom. The minimum absolute atomic E-state index is 0. The molecule has 3 aromatic carbocycles. The Morgan fingerprint density at radius 1 is 0.750 bits per heavy atom. The molecule has 0 atom stereocenters. The van der Waals surface area contributed by atoms with E-state index in [-0.39, 0.29) is 206 Å². The number of rotatable bonds is 8. The van der Waals surface area contributed by atoms with Crippen molar-refractivity contribution in [3.8, 4) is 0 Å². The van der Waals surface area contributed by atoms with Gasteiger partial charge in [-0.05, 0) is 36.2 Å². The van der Waals surface area contributed by atoms with Crippen LogP contribution in [-0.4, -0.2) is 75.1 Å². The third-order valence-corrected chi connectivity index (χ3v) is 9.09. The first-order valence-corrected chi connectivity index (χ1v) is 17.0. The maximum Gasteiger partial charge on any atom is 1.00 e. The summed E-state index contributed by atoms with van der Waals surface area (Å²) < 4.78 is 138. The van der Waals surface area contributed by atoms with E-state index in [1.54, 1.807) is 0 Å². The van der Waals surface area contributed by atoms with E-state index in [0.717, 1.165) is 18.2 Å². The number of benzene rings is 3. The molecule has 0 radical (unpaired) electrons. The fourth-order valence-electron chi connectivity index (χ4n) is 4.25. The molecule has 0 amide bonds. The Labute approximate surface area is 443 Å². The number of ketones is 2. The molecular formula is C22H13K4N3O15S4. The molecule has 0 spiro atoms. The molecule has 48 heavy (non-hydrogen) atoms. The van der Waals surface area contributed by atoms with Gasteiger partial charge in [0.1, 0.15) is 25.1 Å². The van der Waals surface area contributed by atoms with Gasteiger partial charge in [0.25, 0.3) is 10.1 Å². The first-order chi connectivity index (χ1) is 20.0. The van der Waals surface area contributed by atoms with Crippen LogP contribution >= 0.6 is 0 Å². The van der Waals surface area contributed by atoms with Gasteiger partial charge >= 0.3 is 206 Å². The molecule has 234 valence electrons. The third-order valence-electron chi connectivity index (χ3n) is 5.86. The molecule has 0 unspecified atom stereocenters. The van der Waals surface area contributed by atoms with Crippen LogP contribution in [0.3, 0.4) is 0 Å². The van der Waals surface area contributed by atoms with E-state index in [2.05, 4.69) is 10.3 Å². The maximum atomic E-state index is 13.7. The summed E-state index contributed by atoms with van der Waals surface area (Å²) in [4.78, 5) is 26.5. The number of hydrogen-bond acceptors (Lipinski definition) is 17. The average molecular weight is 844 g/mol. The summed E-state index contributed by atoms with van der Waals surface area (Å²) in [7, 11) is -21.5. The Morgan fingerprint density at radius 3 is 1.81 bits per heavy atom. The summed E-state index contributed by atoms with van der Waals surface area (Å²) in [6.45, 7) is 0. The van der Waals surface area contributed by atoms with Crippen LogP contribution in [-0.2, 0) is 40.5 Å². The van der Waals surface area contributed by atoms with E-state index in [0.29, 0.717) is 24.3 Å². The second-order valence-electron chi connectivity index (χ2n) is 8.82. The van der Waals surface area contributed by atoms with Gasteiger partial charge in [0, 0.05) is 16.9 Å². The summed E-state index contributed by atoms with van der Waals surface area (Å²) >= 11 is 0. The molecule has 0 saturated carbocycles. The fourth-order valence-corrected chi connectivity index (χ4v) is 6.64. The number of carbonyl (C=O) groups is 2. The fraction of sp³-hybridized carbons (Fsp3) is 0.0455. The van der Waals surface area contributed by atoms with E-state index in [9.17, 15) is 66.6 Å². The maximum absolute atomic E-state index is 13.7. The number of fused-ring (bicyclic) bond motifs is 2. The Bertz CT molecular complexity index is 2300. The smallest absolute Gasteiger partial charge is 0.861 e. The second-order valence-corrected chi connectivity index (χ2v) is 14.3. The number of nitrogen functional groups attached to an aromatic ring is 1. The monoisotopic (exact) mass is 843 g/mol. The van der Waals surface area contributed by atoms with Crippen LogP contribution in [0.1, 0.15) is 31.8 Å². The second kappa shape index (κ2) is 18.7. The van der Waals surface area contributed by atoms with Crippen molar-refractivity contribution in [3.63, 3.8) is 0 Å². The normalized spacial score (nSPS) is 13.0. The van der Waals surface area contributed by atoms with Gasteiger partial charge in [0.2, 0.25) is 0 Å². The van der Waals surface area contributed by atoms with Crippen LogP contribution in [0.25, 0.3) is 0 Å². The zero-order valence-electron chi connectivity index (χ0n) is 25.1. The van der Waals surface area contributed by atoms with Gasteiger partial charge < -0.3 is 29.8 Å². The first kappa shape index (κ1) is 50.3. The van der Waals surface area contributed by atoms with Crippen molar-refractivity contribution < 1.29 is 272 Å². The SMILES string of the molecule is Nc1cc(S(=O)(=O)O)c(Nc2ccc(N=C([O-])CS(=O)(=O)[O-])c(S(=O)(=O)[O-])c2)c2c1C(=O)c1cccc(S(=O)(=O)[O-])c1C2=O.[K+].[K+].[K+].[K+]. The molecule has 0 bridgehead atoms. The van der Waals surface area contributed by atoms with Gasteiger partial charge in [-0.15, -0.1) is 0 Å². The van der Waals surface area contributed by atoms with Gasteiger partial charge in [-0.3, -0.25) is 19.1 Å². The molecule has 4 N–H and O–H groups in total. The molecule has 18 nitrogen and oxygen atoms in total. The van der Waals surface area contributed by atoms with Gasteiger partial charge in [0.15, 0.2) is 11.6 Å². The topological polar surface area (TPSA) is 334 Å². The van der Waals surface area contributed by atoms with Gasteiger partial charge in [-0.25, -0.2) is 25.3 Å². The van der Waals surface area contributed by atoms with E-state index >= 15 is 0 Å². The van der Waals surface area contributed by atoms with Crippen molar-refractivity contribution in [2.75, 3.05) is 16.8 Å². The Hall–Kier alpha value is 2.26. The molecule has 0 fully saturated rings. The van der Waals surface area contributed by atoms with Crippen LogP contribution in [0.15, 0.2) is 62.1 Å². The Kier molecular flexibility index (Phi) is 19.6. The molecule has 0 aromatic heterocycles. The van der Waals surface area contributed by atoms with E-state index in [1.165, 1.54) is 0 Å². The average Bonchev–Trinajstić information content (AvgIpc) is 2.85. The third kappa shape index (κ3) is 11.6. The molecule has 26 heteroatoms. The van der Waals surface area contributed by atoms with Crippen molar-refractivity contribution in [1.29, 1.82) is 0 Å². The summed E-state index contributed by atoms with van der Waals surface area (Å²) in [5.41, 5.74) is -0.591. The molecule has 1 aliphatic rings. The molecule has 0 heterocycles. The van der Waals surface area contributed by atoms with Crippen LogP contribution in [0.4, 0.5) is 22.7 Å². The summed E-state index contributed by atoms with van der Waals surface area (Å²) in [5.74, 6) is -5.93. The predicted molar refractivity (Wildman–Crippen MR) is 141 cm³/mol. The molecule has 3 aromatic rings. The molecule has 0 aliphatic heterocycles. The van der Waals surface area contributed by atoms with Crippen LogP contribution in [0, 0.1) is 0 Å². The zero-order chi connectivity index (χ0) is 33.2. The summed E-state index contributed by atoms with van der Waals surface area (Å²) in [6, 6.07) is 5.11. The first-order valence-electron chi connectivity index (χ1n) is 11.2. The van der Waals surface area contributed by atoms with E-state index in [4.69, 9.17) is 5.73 Å². The van der Waals surface area contributed by atoms with Crippen LogP contribution < -0.4 is 222 Å².